The summed E-state index contributed by atoms with van der Waals surface area (Å²) in [6.07, 6.45) is 8.42. The van der Waals surface area contributed by atoms with Crippen molar-refractivity contribution in [3.05, 3.63) is 42.0 Å². The maximum atomic E-state index is 12.3. The number of anilines is 1. The largest absolute Gasteiger partial charge is 0.383 e. The number of rotatable bonds is 8. The van der Waals surface area contributed by atoms with Crippen LogP contribution in [0.2, 0.25) is 0 Å². The van der Waals surface area contributed by atoms with Gasteiger partial charge >= 0.3 is 0 Å². The van der Waals surface area contributed by atoms with E-state index in [9.17, 15) is 4.79 Å². The van der Waals surface area contributed by atoms with Crippen molar-refractivity contribution >= 4 is 17.4 Å². The van der Waals surface area contributed by atoms with Crippen LogP contribution in [0.15, 0.2) is 30.6 Å². The Kier molecular flexibility index (Phi) is 7.46. The van der Waals surface area contributed by atoms with Gasteiger partial charge in [0, 0.05) is 48.1 Å². The molecule has 1 aliphatic carbocycles. The van der Waals surface area contributed by atoms with E-state index in [1.54, 1.807) is 19.4 Å². The third kappa shape index (κ3) is 5.38. The highest BCUT2D eigenvalue weighted by Crippen LogP contribution is 2.39. The molecule has 0 bridgehead atoms. The monoisotopic (exact) mass is 464 g/mol. The molecule has 1 saturated carbocycles. The second-order valence-electron chi connectivity index (χ2n) is 9.88. The molecule has 182 valence electrons. The van der Waals surface area contributed by atoms with Gasteiger partial charge in [0.15, 0.2) is 0 Å². The van der Waals surface area contributed by atoms with Gasteiger partial charge in [-0.1, -0.05) is 25.8 Å². The zero-order chi connectivity index (χ0) is 24.2. The molecule has 0 spiro atoms. The molecule has 0 saturated heterocycles. The number of ether oxygens (including phenoxy) is 1. The molecule has 0 aliphatic heterocycles. The molecule has 3 aromatic heterocycles. The van der Waals surface area contributed by atoms with E-state index in [4.69, 9.17) is 9.84 Å². The van der Waals surface area contributed by atoms with Gasteiger partial charge in [0.25, 0.3) is 5.91 Å². The number of carbonyl (C=O) groups is 1. The summed E-state index contributed by atoms with van der Waals surface area (Å²) in [6.45, 7) is 8.83. The van der Waals surface area contributed by atoms with E-state index in [-0.39, 0.29) is 18.0 Å². The number of carbonyl (C=O) groups excluding carboxylic acids is 1. The van der Waals surface area contributed by atoms with Gasteiger partial charge in [0.05, 0.1) is 18.3 Å². The molecule has 1 aliphatic rings. The topological polar surface area (TPSA) is 93.4 Å². The lowest BCUT2D eigenvalue weighted by atomic mass is 9.81. The SMILES string of the molecule is COC[C@H](C)Nc1ncc2c(-c3ccc(C(=O)NC(C)C)nc3)cc(C3CCC(C)CC3)n2n1. The molecule has 0 aromatic carbocycles. The standard InChI is InChI=1S/C26H36N6O2/c1-16(2)29-25(33)22-11-10-20(13-27-22)21-12-23(19-8-6-17(3)7-9-19)32-24(21)14-28-26(31-32)30-18(4)15-34-5/h10-14,16-19H,6-9,15H2,1-5H3,(H,29,33)(H,30,31)/t17?,18-,19?/m0/s1. The quantitative estimate of drug-likeness (QED) is 0.503. The van der Waals surface area contributed by atoms with Gasteiger partial charge in [-0.15, -0.1) is 5.10 Å². The number of hydrogen-bond donors (Lipinski definition) is 2. The first-order valence-corrected chi connectivity index (χ1v) is 12.3. The normalized spacial score (nSPS) is 19.4. The van der Waals surface area contributed by atoms with Gasteiger partial charge in [0.1, 0.15) is 5.69 Å². The number of fused-ring (bicyclic) bond motifs is 1. The van der Waals surface area contributed by atoms with Crippen LogP contribution in [-0.4, -0.2) is 51.3 Å². The second kappa shape index (κ2) is 10.5. The fraction of sp³-hybridized carbons (Fsp3) is 0.538. The van der Waals surface area contributed by atoms with E-state index in [0.29, 0.717) is 24.2 Å². The lowest BCUT2D eigenvalue weighted by Gasteiger charge is -2.25. The molecule has 2 N–H and O–H groups in total. The van der Waals surface area contributed by atoms with E-state index in [1.807, 2.05) is 37.5 Å². The van der Waals surface area contributed by atoms with E-state index in [1.165, 1.54) is 18.5 Å². The van der Waals surface area contributed by atoms with Gasteiger partial charge in [-0.05, 0) is 51.7 Å². The summed E-state index contributed by atoms with van der Waals surface area (Å²) < 4.78 is 7.29. The van der Waals surface area contributed by atoms with E-state index >= 15 is 0 Å². The number of amides is 1. The van der Waals surface area contributed by atoms with Crippen molar-refractivity contribution < 1.29 is 9.53 Å². The molecule has 8 heteroatoms. The lowest BCUT2D eigenvalue weighted by molar-refractivity contribution is 0.0938. The molecule has 0 radical (unpaired) electrons. The van der Waals surface area contributed by atoms with Crippen molar-refractivity contribution in [1.82, 2.24) is 24.9 Å². The van der Waals surface area contributed by atoms with Crippen LogP contribution >= 0.6 is 0 Å². The van der Waals surface area contributed by atoms with Gasteiger partial charge in [-0.25, -0.2) is 9.50 Å². The van der Waals surface area contributed by atoms with Gasteiger partial charge in [-0.2, -0.15) is 0 Å². The van der Waals surface area contributed by atoms with Crippen molar-refractivity contribution in [3.8, 4) is 11.1 Å². The van der Waals surface area contributed by atoms with E-state index < -0.39 is 0 Å². The fourth-order valence-corrected chi connectivity index (χ4v) is 4.69. The number of pyridine rings is 1. The number of nitrogens with one attached hydrogen (secondary N) is 2. The Hall–Kier alpha value is -3.00. The number of hydrogen-bond acceptors (Lipinski definition) is 6. The third-order valence-corrected chi connectivity index (χ3v) is 6.50. The van der Waals surface area contributed by atoms with Gasteiger partial charge in [0.2, 0.25) is 5.95 Å². The summed E-state index contributed by atoms with van der Waals surface area (Å²) in [5.74, 6) is 1.66. The Morgan fingerprint density at radius 2 is 1.91 bits per heavy atom. The highest BCUT2D eigenvalue weighted by Gasteiger charge is 2.25. The van der Waals surface area contributed by atoms with Crippen LogP contribution < -0.4 is 10.6 Å². The first kappa shape index (κ1) is 24.1. The lowest BCUT2D eigenvalue weighted by Crippen LogP contribution is -2.30. The van der Waals surface area contributed by atoms with Crippen LogP contribution in [0.4, 0.5) is 5.95 Å². The molecule has 34 heavy (non-hydrogen) atoms. The molecule has 8 nitrogen and oxygen atoms in total. The summed E-state index contributed by atoms with van der Waals surface area (Å²) in [5.41, 5.74) is 4.56. The summed E-state index contributed by atoms with van der Waals surface area (Å²) in [4.78, 5) is 21.3. The van der Waals surface area contributed by atoms with Crippen LogP contribution in [0, 0.1) is 5.92 Å². The van der Waals surface area contributed by atoms with Crippen LogP contribution in [-0.2, 0) is 4.74 Å². The average molecular weight is 465 g/mol. The molecule has 1 fully saturated rings. The Bertz CT molecular complexity index is 1120. The predicted molar refractivity (Wildman–Crippen MR) is 134 cm³/mol. The van der Waals surface area contributed by atoms with E-state index in [0.717, 1.165) is 35.4 Å². The molecule has 4 rings (SSSR count). The zero-order valence-corrected chi connectivity index (χ0v) is 20.8. The number of methoxy groups -OCH3 is 1. The minimum Gasteiger partial charge on any atom is -0.383 e. The Morgan fingerprint density at radius 1 is 1.15 bits per heavy atom. The summed E-state index contributed by atoms with van der Waals surface area (Å²) in [6, 6.07) is 6.14. The molecular weight excluding hydrogens is 428 g/mol. The second-order valence-corrected chi connectivity index (χ2v) is 9.88. The Morgan fingerprint density at radius 3 is 2.56 bits per heavy atom. The first-order valence-electron chi connectivity index (χ1n) is 12.3. The highest BCUT2D eigenvalue weighted by molar-refractivity contribution is 5.93. The van der Waals surface area contributed by atoms with Crippen molar-refractivity contribution in [2.24, 2.45) is 5.92 Å². The maximum absolute atomic E-state index is 12.3. The first-order chi connectivity index (χ1) is 16.4. The molecule has 3 aromatic rings. The third-order valence-electron chi connectivity index (χ3n) is 6.50. The highest BCUT2D eigenvalue weighted by atomic mass is 16.5. The van der Waals surface area contributed by atoms with Crippen LogP contribution in [0.25, 0.3) is 16.6 Å². The number of aromatic nitrogens is 4. The molecule has 0 unspecified atom stereocenters. The van der Waals surface area contributed by atoms with Crippen LogP contribution in [0.1, 0.15) is 75.5 Å². The van der Waals surface area contributed by atoms with Crippen LogP contribution in [0.3, 0.4) is 0 Å². The zero-order valence-electron chi connectivity index (χ0n) is 20.8. The van der Waals surface area contributed by atoms with Crippen LogP contribution in [0.5, 0.6) is 0 Å². The number of nitrogens with zero attached hydrogens (tertiary/aromatic N) is 4. The van der Waals surface area contributed by atoms with Crippen molar-refractivity contribution in [2.75, 3.05) is 19.0 Å². The summed E-state index contributed by atoms with van der Waals surface area (Å²) in [7, 11) is 1.69. The smallest absolute Gasteiger partial charge is 0.270 e. The van der Waals surface area contributed by atoms with Crippen molar-refractivity contribution in [1.29, 1.82) is 0 Å². The summed E-state index contributed by atoms with van der Waals surface area (Å²) >= 11 is 0. The Balaban J connectivity index is 1.71. The Labute approximate surface area is 201 Å². The minimum atomic E-state index is -0.162. The van der Waals surface area contributed by atoms with Crippen molar-refractivity contribution in [3.63, 3.8) is 0 Å². The predicted octanol–water partition coefficient (Wildman–Crippen LogP) is 4.67. The minimum absolute atomic E-state index is 0.0664. The van der Waals surface area contributed by atoms with Crippen molar-refractivity contribution in [2.45, 2.75) is 71.4 Å². The summed E-state index contributed by atoms with van der Waals surface area (Å²) in [5, 5.41) is 11.1. The maximum Gasteiger partial charge on any atom is 0.270 e. The molecule has 1 amide bonds. The average Bonchev–Trinajstić information content (AvgIpc) is 3.18. The van der Waals surface area contributed by atoms with Gasteiger partial charge < -0.3 is 15.4 Å². The molecule has 1 atom stereocenters. The fourth-order valence-electron chi connectivity index (χ4n) is 4.69. The molecule has 3 heterocycles. The van der Waals surface area contributed by atoms with Gasteiger partial charge in [-0.3, -0.25) is 9.78 Å². The molecular formula is C26H36N6O2. The van der Waals surface area contributed by atoms with E-state index in [2.05, 4.69) is 33.6 Å².